The van der Waals surface area contributed by atoms with E-state index >= 15 is 4.79 Å². The van der Waals surface area contributed by atoms with Crippen LogP contribution in [0.25, 0.3) is 11.3 Å². The number of aromatic amines is 1. The van der Waals surface area contributed by atoms with E-state index in [1.54, 1.807) is 0 Å². The smallest absolute Gasteiger partial charge is 0.306 e. The number of fused-ring (bicyclic) bond motifs is 7. The van der Waals surface area contributed by atoms with E-state index in [1.165, 1.54) is 38.5 Å². The van der Waals surface area contributed by atoms with Gasteiger partial charge in [-0.1, -0.05) is 85.7 Å². The minimum absolute atomic E-state index is 0.0105. The molecule has 59 heavy (non-hydrogen) atoms. The number of carboxylic acid groups (broad SMARTS) is 1. The third kappa shape index (κ3) is 6.30. The summed E-state index contributed by atoms with van der Waals surface area (Å²) < 4.78 is 6.34. The molecule has 2 N–H and O–H groups in total. The summed E-state index contributed by atoms with van der Waals surface area (Å²) in [7, 11) is 0. The summed E-state index contributed by atoms with van der Waals surface area (Å²) in [5.74, 6) is 2.86. The number of aliphatic carboxylic acids is 1. The highest BCUT2D eigenvalue weighted by atomic mass is 16.5. The molecule has 1 unspecified atom stereocenters. The number of benzene rings is 1. The summed E-state index contributed by atoms with van der Waals surface area (Å²) in [5.41, 5.74) is 1.89. The maximum absolute atomic E-state index is 15.7. The molecule has 2 aromatic rings. The summed E-state index contributed by atoms with van der Waals surface area (Å²) in [4.78, 5) is 51.4. The Morgan fingerprint density at radius 3 is 2.27 bits per heavy atom. The van der Waals surface area contributed by atoms with Gasteiger partial charge in [0.05, 0.1) is 36.2 Å². The number of esters is 1. The van der Waals surface area contributed by atoms with Gasteiger partial charge in [-0.25, -0.2) is 4.98 Å². The van der Waals surface area contributed by atoms with Crippen LogP contribution in [0.3, 0.4) is 0 Å². The summed E-state index contributed by atoms with van der Waals surface area (Å²) in [5, 5.41) is 9.42. The molecule has 1 aromatic carbocycles. The summed E-state index contributed by atoms with van der Waals surface area (Å²) >= 11 is 0. The van der Waals surface area contributed by atoms with Crippen LogP contribution in [-0.4, -0.2) is 50.5 Å². The topological polar surface area (TPSA) is 113 Å². The van der Waals surface area contributed by atoms with Crippen LogP contribution in [0.15, 0.2) is 36.5 Å². The molecule has 7 aliphatic rings. The fraction of sp³-hybridized carbons (Fsp3) is 0.765. The first-order chi connectivity index (χ1) is 27.8. The van der Waals surface area contributed by atoms with Crippen molar-refractivity contribution in [2.24, 2.45) is 67.5 Å². The van der Waals surface area contributed by atoms with Crippen LogP contribution < -0.4 is 0 Å². The third-order valence-electron chi connectivity index (χ3n) is 19.8. The lowest BCUT2D eigenvalue weighted by Crippen LogP contribution is -2.67. The van der Waals surface area contributed by atoms with Gasteiger partial charge in [0.1, 0.15) is 11.9 Å². The Labute approximate surface area is 353 Å². The third-order valence-corrected chi connectivity index (χ3v) is 19.8. The Kier molecular flexibility index (Phi) is 9.73. The molecule has 1 aromatic heterocycles. The minimum Gasteiger partial charge on any atom is -0.481 e. The molecule has 1 amide bonds. The molecule has 6 aliphatic carbocycles. The number of nitrogens with one attached hydrogen (secondary N) is 1. The number of carbonyl (C=O) groups is 3. The van der Waals surface area contributed by atoms with E-state index < -0.39 is 11.4 Å². The highest BCUT2D eigenvalue weighted by Crippen LogP contribution is 2.79. The maximum atomic E-state index is 15.7. The summed E-state index contributed by atoms with van der Waals surface area (Å²) in [6, 6.07) is 10.4. The largest absolute Gasteiger partial charge is 0.481 e. The lowest BCUT2D eigenvalue weighted by atomic mass is 9.32. The number of imidazole rings is 1. The molecule has 1 saturated heterocycles. The van der Waals surface area contributed by atoms with E-state index in [1.807, 2.05) is 26.1 Å². The van der Waals surface area contributed by atoms with Crippen molar-refractivity contribution in [3.05, 3.63) is 42.4 Å². The fourth-order valence-electron chi connectivity index (χ4n) is 16.4. The average Bonchev–Trinajstić information content (AvgIpc) is 3.56. The monoisotopic (exact) mass is 808 g/mol. The van der Waals surface area contributed by atoms with Crippen LogP contribution in [0.2, 0.25) is 0 Å². The Bertz CT molecular complexity index is 1970. The number of nitrogens with zero attached hydrogens (tertiary/aromatic N) is 2. The van der Waals surface area contributed by atoms with Crippen LogP contribution in [0.1, 0.15) is 170 Å². The van der Waals surface area contributed by atoms with Crippen molar-refractivity contribution in [1.82, 2.24) is 14.9 Å². The van der Waals surface area contributed by atoms with Gasteiger partial charge >= 0.3 is 11.9 Å². The van der Waals surface area contributed by atoms with Crippen LogP contribution in [-0.2, 0) is 19.1 Å². The molecule has 7 fully saturated rings. The van der Waals surface area contributed by atoms with Gasteiger partial charge in [0.15, 0.2) is 0 Å². The average molecular weight is 808 g/mol. The first-order valence-corrected chi connectivity index (χ1v) is 23.6. The van der Waals surface area contributed by atoms with Gasteiger partial charge < -0.3 is 19.7 Å². The van der Waals surface area contributed by atoms with E-state index in [9.17, 15) is 14.7 Å². The number of hydrogen-bond donors (Lipinski definition) is 2. The molecule has 9 rings (SSSR count). The van der Waals surface area contributed by atoms with Gasteiger partial charge in [-0.2, -0.15) is 0 Å². The summed E-state index contributed by atoms with van der Waals surface area (Å²) in [6.45, 7) is 19.8. The molecule has 0 radical (unpaired) electrons. The van der Waals surface area contributed by atoms with Crippen molar-refractivity contribution in [1.29, 1.82) is 0 Å². The number of H-pyrrole nitrogens is 1. The Hall–Kier alpha value is -3.16. The first kappa shape index (κ1) is 41.2. The van der Waals surface area contributed by atoms with Crippen molar-refractivity contribution >= 4 is 17.8 Å². The molecule has 322 valence electrons. The lowest BCUT2D eigenvalue weighted by Gasteiger charge is -2.73. The fourth-order valence-corrected chi connectivity index (χ4v) is 16.4. The van der Waals surface area contributed by atoms with Crippen LogP contribution in [0, 0.1) is 67.5 Å². The van der Waals surface area contributed by atoms with Crippen molar-refractivity contribution in [3.8, 4) is 11.3 Å². The van der Waals surface area contributed by atoms with E-state index in [0.29, 0.717) is 40.9 Å². The van der Waals surface area contributed by atoms with Crippen molar-refractivity contribution in [2.45, 2.75) is 170 Å². The second kappa shape index (κ2) is 13.9. The van der Waals surface area contributed by atoms with Crippen LogP contribution in [0.5, 0.6) is 0 Å². The highest BCUT2D eigenvalue weighted by Gasteiger charge is 2.74. The molecule has 1 aliphatic heterocycles. The lowest BCUT2D eigenvalue weighted by molar-refractivity contribution is -0.251. The standard InChI is InChI=1S/C51H73N3O5/c1-45(2,29-40(55)56)30-41(57)59-39-20-21-48(6)37(46(39,3)4)19-22-50(8)38(48)17-16-34-42-33(47(5)24-25-47)18-23-51(42,27-26-49(34,50)7)44(58)54-28-12-15-36(54)43-52-31-35(53-43)32-13-10-9-11-14-32/h9-11,13-14,31,33-34,36-39,42H,12,15-30H2,1-8H3,(H,52,53)(H,55,56)/t33-,34-,36?,37+,38-,39+,42-,48+,49-,50-,51+/m1/s1. The SMILES string of the molecule is CC(C)(CC(=O)O)CC(=O)O[C@H]1CC[C@]2(C)[C@H]3CC[C@@H]4[C@H]5[C@H](C6(C)CC6)CC[C@]5(C(=O)N5CCCC5c5ncc(-c6ccccc6)[nH]5)CC[C@@]4(C)[C@]3(C)CC[C@H]2C1(C)C. The number of carboxylic acids is 1. The molecule has 0 spiro atoms. The second-order valence-corrected chi connectivity index (χ2v) is 23.6. The molecular weight excluding hydrogens is 735 g/mol. The number of likely N-dealkylation sites (tertiary alicyclic amines) is 1. The Balaban J connectivity index is 0.980. The molecule has 11 atom stereocenters. The van der Waals surface area contributed by atoms with Crippen LogP contribution >= 0.6 is 0 Å². The molecule has 2 heterocycles. The number of aromatic nitrogens is 2. The van der Waals surface area contributed by atoms with Crippen molar-refractivity contribution < 1.29 is 24.2 Å². The van der Waals surface area contributed by atoms with Crippen molar-refractivity contribution in [3.63, 3.8) is 0 Å². The zero-order chi connectivity index (χ0) is 42.0. The predicted molar refractivity (Wildman–Crippen MR) is 230 cm³/mol. The van der Waals surface area contributed by atoms with E-state index in [4.69, 9.17) is 9.72 Å². The number of rotatable bonds is 9. The molecule has 8 heteroatoms. The van der Waals surface area contributed by atoms with Crippen molar-refractivity contribution in [2.75, 3.05) is 6.54 Å². The van der Waals surface area contributed by atoms with Gasteiger partial charge in [-0.3, -0.25) is 14.4 Å². The highest BCUT2D eigenvalue weighted by molar-refractivity contribution is 5.84. The van der Waals surface area contributed by atoms with E-state index in [2.05, 4.69) is 75.7 Å². The molecular formula is C51H73N3O5. The predicted octanol–water partition coefficient (Wildman–Crippen LogP) is 11.4. The zero-order valence-corrected chi connectivity index (χ0v) is 37.5. The van der Waals surface area contributed by atoms with Gasteiger partial charge in [0.25, 0.3) is 0 Å². The van der Waals surface area contributed by atoms with Gasteiger partial charge in [-0.15, -0.1) is 0 Å². The normalized spacial score (nSPS) is 40.6. The zero-order valence-electron chi connectivity index (χ0n) is 37.5. The van der Waals surface area contributed by atoms with Gasteiger partial charge in [0.2, 0.25) is 5.91 Å². The van der Waals surface area contributed by atoms with Gasteiger partial charge in [-0.05, 0) is 152 Å². The molecule has 0 bridgehead atoms. The molecule has 6 saturated carbocycles. The number of hydrogen-bond acceptors (Lipinski definition) is 5. The molecule has 8 nitrogen and oxygen atoms in total. The number of ether oxygens (including phenoxy) is 1. The second-order valence-electron chi connectivity index (χ2n) is 23.6. The number of amides is 1. The van der Waals surface area contributed by atoms with Crippen LogP contribution in [0.4, 0.5) is 0 Å². The Morgan fingerprint density at radius 1 is 0.814 bits per heavy atom. The number of carbonyl (C=O) groups excluding carboxylic acids is 2. The van der Waals surface area contributed by atoms with E-state index in [0.717, 1.165) is 75.0 Å². The van der Waals surface area contributed by atoms with Gasteiger partial charge in [0, 0.05) is 12.0 Å². The quantitative estimate of drug-likeness (QED) is 0.244. The maximum Gasteiger partial charge on any atom is 0.306 e. The Morgan fingerprint density at radius 2 is 1.56 bits per heavy atom. The van der Waals surface area contributed by atoms with E-state index in [-0.39, 0.29) is 58.0 Å². The minimum atomic E-state index is -0.881. The first-order valence-electron chi connectivity index (χ1n) is 23.6. The summed E-state index contributed by atoms with van der Waals surface area (Å²) in [6.07, 6.45) is 17.5.